The number of hydrogen-bond acceptors (Lipinski definition) is 9. The molecular weight excluding hydrogens is 568 g/mol. The Bertz CT molecular complexity index is 1240. The highest BCUT2D eigenvalue weighted by Crippen LogP contribution is 2.32. The van der Waals surface area contributed by atoms with Gasteiger partial charge in [-0.1, -0.05) is 0 Å². The van der Waals surface area contributed by atoms with Crippen molar-refractivity contribution in [2.75, 3.05) is 76.8 Å². The van der Waals surface area contributed by atoms with Gasteiger partial charge in [-0.25, -0.2) is 0 Å². The normalized spacial score (nSPS) is 20.8. The van der Waals surface area contributed by atoms with Gasteiger partial charge in [-0.05, 0) is 75.9 Å². The lowest BCUT2D eigenvalue weighted by atomic mass is 10.0. The Balaban J connectivity index is 1.01. The molecule has 2 atom stereocenters. The van der Waals surface area contributed by atoms with Crippen LogP contribution in [0.5, 0.6) is 0 Å². The fraction of sp³-hybridized carbons (Fsp3) is 0.647. The van der Waals surface area contributed by atoms with Gasteiger partial charge in [0.05, 0.1) is 24.6 Å². The van der Waals surface area contributed by atoms with Gasteiger partial charge in [-0.3, -0.25) is 29.4 Å². The molecule has 5 rings (SSSR count). The molecule has 0 bridgehead atoms. The van der Waals surface area contributed by atoms with E-state index in [0.29, 0.717) is 44.9 Å². The van der Waals surface area contributed by atoms with E-state index in [1.54, 1.807) is 4.90 Å². The Morgan fingerprint density at radius 2 is 1.51 bits per heavy atom. The summed E-state index contributed by atoms with van der Waals surface area (Å²) in [6.45, 7) is 7.90. The van der Waals surface area contributed by atoms with E-state index in [4.69, 9.17) is 9.72 Å². The van der Waals surface area contributed by atoms with Gasteiger partial charge in [0.25, 0.3) is 0 Å². The van der Waals surface area contributed by atoms with Gasteiger partial charge in [0.2, 0.25) is 11.8 Å². The van der Waals surface area contributed by atoms with E-state index in [2.05, 4.69) is 62.6 Å². The number of carbonyl (C=O) groups excluding carboxylic acids is 2. The topological polar surface area (TPSA) is 106 Å². The van der Waals surface area contributed by atoms with Gasteiger partial charge in [0, 0.05) is 102 Å². The maximum atomic E-state index is 12.2. The third kappa shape index (κ3) is 9.85. The second-order valence-electron chi connectivity index (χ2n) is 12.8. The lowest BCUT2D eigenvalue weighted by Crippen LogP contribution is -2.45. The van der Waals surface area contributed by atoms with E-state index < -0.39 is 0 Å². The molecule has 5 heterocycles. The average Bonchev–Trinajstić information content (AvgIpc) is 3.71. The Kier molecular flexibility index (Phi) is 12.4. The number of pyridine rings is 2. The molecule has 2 aromatic heterocycles. The van der Waals surface area contributed by atoms with Gasteiger partial charge < -0.3 is 25.2 Å². The van der Waals surface area contributed by atoms with Gasteiger partial charge >= 0.3 is 0 Å². The highest BCUT2D eigenvalue weighted by molar-refractivity contribution is 5.83. The molecule has 11 nitrogen and oxygen atoms in total. The minimum absolute atomic E-state index is 0.0366. The third-order valence-electron chi connectivity index (χ3n) is 9.32. The van der Waals surface area contributed by atoms with Crippen LogP contribution >= 0.6 is 0 Å². The zero-order valence-corrected chi connectivity index (χ0v) is 27.3. The van der Waals surface area contributed by atoms with E-state index >= 15 is 0 Å². The molecule has 0 radical (unpaired) electrons. The quantitative estimate of drug-likeness (QED) is 0.291. The van der Waals surface area contributed by atoms with Crippen LogP contribution < -0.4 is 15.5 Å². The van der Waals surface area contributed by atoms with Crippen molar-refractivity contribution < 1.29 is 14.3 Å². The van der Waals surface area contributed by atoms with Crippen molar-refractivity contribution in [3.63, 3.8) is 0 Å². The molecule has 0 spiro atoms. The first-order valence-corrected chi connectivity index (χ1v) is 16.9. The highest BCUT2D eigenvalue weighted by atomic mass is 16.5. The second-order valence-corrected chi connectivity index (χ2v) is 12.8. The summed E-state index contributed by atoms with van der Waals surface area (Å²) in [5.41, 5.74) is 4.55. The maximum absolute atomic E-state index is 12.2. The molecule has 2 amide bonds. The molecule has 0 saturated carbocycles. The molecule has 2 aromatic rings. The molecule has 3 saturated heterocycles. The van der Waals surface area contributed by atoms with Crippen LogP contribution in [0.15, 0.2) is 36.7 Å². The number of rotatable bonds is 15. The second kappa shape index (κ2) is 16.9. The Hall–Kier alpha value is -3.28. The molecule has 3 aliphatic heterocycles. The zero-order chi connectivity index (χ0) is 31.4. The Labute approximate surface area is 268 Å². The number of likely N-dealkylation sites (tertiary alicyclic amines) is 2. The minimum atomic E-state index is -0.0560. The molecule has 3 aliphatic rings. The first kappa shape index (κ1) is 33.1. The molecule has 0 aliphatic carbocycles. The molecule has 246 valence electrons. The summed E-state index contributed by atoms with van der Waals surface area (Å²) in [6.07, 6.45) is 11.2. The van der Waals surface area contributed by atoms with Crippen molar-refractivity contribution in [2.24, 2.45) is 0 Å². The van der Waals surface area contributed by atoms with E-state index in [1.807, 2.05) is 18.5 Å². The summed E-state index contributed by atoms with van der Waals surface area (Å²) in [5.74, 6) is -0.0194. The van der Waals surface area contributed by atoms with E-state index in [9.17, 15) is 9.59 Å². The molecule has 3 fully saturated rings. The fourth-order valence-corrected chi connectivity index (χ4v) is 6.88. The number of hydrogen-bond donors (Lipinski definition) is 2. The number of unbranched alkanes of at least 4 members (excludes halogenated alkanes) is 1. The number of aromatic nitrogens is 2. The number of anilines is 2. The van der Waals surface area contributed by atoms with Crippen molar-refractivity contribution in [1.82, 2.24) is 30.0 Å². The molecule has 0 aromatic carbocycles. The summed E-state index contributed by atoms with van der Waals surface area (Å²) in [6, 6.07) is 9.62. The Morgan fingerprint density at radius 3 is 2.20 bits per heavy atom. The number of carbonyl (C=O) groups is 2. The van der Waals surface area contributed by atoms with E-state index in [-0.39, 0.29) is 24.7 Å². The number of nitrogens with zero attached hydrogens (tertiary/aromatic N) is 6. The van der Waals surface area contributed by atoms with Crippen molar-refractivity contribution in [3.05, 3.63) is 48.0 Å². The number of amides is 2. The monoisotopic (exact) mass is 620 g/mol. The van der Waals surface area contributed by atoms with E-state index in [0.717, 1.165) is 62.6 Å². The van der Waals surface area contributed by atoms with Crippen molar-refractivity contribution in [2.45, 2.75) is 76.5 Å². The first-order chi connectivity index (χ1) is 22.0. The van der Waals surface area contributed by atoms with Crippen LogP contribution in [0.25, 0.3) is 0 Å². The molecule has 0 unspecified atom stereocenters. The van der Waals surface area contributed by atoms with Gasteiger partial charge in [0.1, 0.15) is 0 Å². The van der Waals surface area contributed by atoms with Crippen LogP contribution in [0.2, 0.25) is 0 Å². The standard InChI is InChI=1S/C34H52N8O3/c1-39(2)30-12-16-37-29(24-30)26-42-18-6-8-32(42)31-7-5-17-41(31)25-28-23-27(11-15-36-28)35-13-3-4-14-38-33(43)9-10-34(44)40-19-21-45-22-20-40/h11-12,15-16,23-24,31-32H,3-10,13-14,17-22,25-26H2,1-2H3,(H,35,36)(H,38,43)/t31-,32-/m0/s1. The zero-order valence-electron chi connectivity index (χ0n) is 27.3. The maximum Gasteiger partial charge on any atom is 0.223 e. The summed E-state index contributed by atoms with van der Waals surface area (Å²) in [7, 11) is 4.16. The summed E-state index contributed by atoms with van der Waals surface area (Å²) in [4.78, 5) is 43.0. The molecule has 2 N–H and O–H groups in total. The average molecular weight is 621 g/mol. The lowest BCUT2D eigenvalue weighted by molar-refractivity contribution is -0.137. The minimum Gasteiger partial charge on any atom is -0.385 e. The number of ether oxygens (including phenoxy) is 1. The summed E-state index contributed by atoms with van der Waals surface area (Å²) >= 11 is 0. The van der Waals surface area contributed by atoms with Crippen LogP contribution in [0.1, 0.15) is 62.8 Å². The van der Waals surface area contributed by atoms with E-state index in [1.165, 1.54) is 31.4 Å². The summed E-state index contributed by atoms with van der Waals surface area (Å²) < 4.78 is 5.28. The first-order valence-electron chi connectivity index (χ1n) is 16.9. The van der Waals surface area contributed by atoms with Gasteiger partial charge in [0.15, 0.2) is 0 Å². The predicted octanol–water partition coefficient (Wildman–Crippen LogP) is 3.12. The van der Waals surface area contributed by atoms with Crippen LogP contribution in [0.3, 0.4) is 0 Å². The fourth-order valence-electron chi connectivity index (χ4n) is 6.88. The predicted molar refractivity (Wildman–Crippen MR) is 177 cm³/mol. The smallest absolute Gasteiger partial charge is 0.223 e. The largest absolute Gasteiger partial charge is 0.385 e. The SMILES string of the molecule is CN(C)c1ccnc(CN2CCC[C@H]2[C@@H]2CCCN2Cc2cc(NCCCCNC(=O)CCC(=O)N3CCOCC3)ccn2)c1. The molecule has 45 heavy (non-hydrogen) atoms. The lowest BCUT2D eigenvalue weighted by Gasteiger charge is -2.35. The van der Waals surface area contributed by atoms with Crippen molar-refractivity contribution in [1.29, 1.82) is 0 Å². The summed E-state index contributed by atoms with van der Waals surface area (Å²) in [5, 5.41) is 6.49. The van der Waals surface area contributed by atoms with Gasteiger partial charge in [-0.15, -0.1) is 0 Å². The van der Waals surface area contributed by atoms with Crippen LogP contribution in [-0.2, 0) is 27.4 Å². The van der Waals surface area contributed by atoms with Crippen molar-refractivity contribution >= 4 is 23.2 Å². The van der Waals surface area contributed by atoms with Crippen molar-refractivity contribution in [3.8, 4) is 0 Å². The van der Waals surface area contributed by atoms with Gasteiger partial charge in [-0.2, -0.15) is 0 Å². The molecule has 11 heteroatoms. The van der Waals surface area contributed by atoms with Crippen LogP contribution in [0.4, 0.5) is 11.4 Å². The molecular formula is C34H52N8O3. The Morgan fingerprint density at radius 1 is 0.867 bits per heavy atom. The highest BCUT2D eigenvalue weighted by Gasteiger charge is 2.37. The number of morpholine rings is 1. The van der Waals surface area contributed by atoms with Crippen LogP contribution in [-0.4, -0.2) is 115 Å². The third-order valence-corrected chi connectivity index (χ3v) is 9.32. The number of nitrogens with one attached hydrogen (secondary N) is 2. The van der Waals surface area contributed by atoms with Crippen LogP contribution in [0, 0.1) is 0 Å².